The van der Waals surface area contributed by atoms with Crippen molar-refractivity contribution in [3.8, 4) is 11.4 Å². The Balaban J connectivity index is 1.40. The zero-order valence-electron chi connectivity index (χ0n) is 18.1. The van der Waals surface area contributed by atoms with Crippen LogP contribution < -0.4 is 5.32 Å². The van der Waals surface area contributed by atoms with E-state index >= 15 is 0 Å². The standard InChI is InChI=1S/C20H23N11O/c1-4-31-18(13-7-21-12(2)22-8-13)26-16-17(23-11-24-19(16)31)25-14-5-6-30(9-14)20(32)15-10-29(3)28-27-15/h7-8,10-11,14H,4-6,9H2,1-3H3,(H,23,24,25)/t14-/m0/s1. The first-order valence-electron chi connectivity index (χ1n) is 10.5. The van der Waals surface area contributed by atoms with Gasteiger partial charge in [0.05, 0.1) is 11.8 Å². The average molecular weight is 433 g/mol. The normalized spacial score (nSPS) is 16.1. The third-order valence-corrected chi connectivity index (χ3v) is 5.53. The maximum Gasteiger partial charge on any atom is 0.276 e. The first-order chi connectivity index (χ1) is 15.5. The Bertz CT molecular complexity index is 1280. The minimum absolute atomic E-state index is 0.0478. The van der Waals surface area contributed by atoms with Crippen molar-refractivity contribution in [2.24, 2.45) is 7.05 Å². The fraction of sp³-hybridized carbons (Fsp3) is 0.400. The minimum Gasteiger partial charge on any atom is -0.364 e. The van der Waals surface area contributed by atoms with Crippen LogP contribution in [0.2, 0.25) is 0 Å². The van der Waals surface area contributed by atoms with Crippen LogP contribution in [0.5, 0.6) is 0 Å². The molecule has 5 heterocycles. The van der Waals surface area contributed by atoms with Gasteiger partial charge < -0.3 is 14.8 Å². The van der Waals surface area contributed by atoms with Gasteiger partial charge in [-0.3, -0.25) is 9.48 Å². The molecule has 1 aliphatic heterocycles. The second-order valence-electron chi connectivity index (χ2n) is 7.75. The molecule has 0 radical (unpaired) electrons. The number of hydrogen-bond acceptors (Lipinski definition) is 9. The monoisotopic (exact) mass is 433 g/mol. The van der Waals surface area contributed by atoms with Crippen LogP contribution in [-0.2, 0) is 13.6 Å². The number of carbonyl (C=O) groups excluding carboxylic acids is 1. The Labute approximate surface area is 183 Å². The van der Waals surface area contributed by atoms with Gasteiger partial charge in [-0.15, -0.1) is 5.10 Å². The van der Waals surface area contributed by atoms with Gasteiger partial charge in [-0.1, -0.05) is 5.21 Å². The summed E-state index contributed by atoms with van der Waals surface area (Å²) in [6.45, 7) is 5.77. The zero-order chi connectivity index (χ0) is 22.2. The molecule has 4 aromatic rings. The van der Waals surface area contributed by atoms with E-state index in [1.54, 1.807) is 30.5 Å². The van der Waals surface area contributed by atoms with E-state index in [4.69, 9.17) is 4.98 Å². The molecule has 12 nitrogen and oxygen atoms in total. The molecule has 5 rings (SSSR count). The number of imidazole rings is 1. The Morgan fingerprint density at radius 3 is 2.75 bits per heavy atom. The molecule has 0 saturated carbocycles. The molecule has 1 saturated heterocycles. The summed E-state index contributed by atoms with van der Waals surface area (Å²) in [5.41, 5.74) is 2.60. The van der Waals surface area contributed by atoms with Crippen molar-refractivity contribution in [2.75, 3.05) is 18.4 Å². The predicted molar refractivity (Wildman–Crippen MR) is 116 cm³/mol. The number of rotatable bonds is 5. The highest BCUT2D eigenvalue weighted by Gasteiger charge is 2.29. The van der Waals surface area contributed by atoms with Crippen molar-refractivity contribution in [3.63, 3.8) is 0 Å². The van der Waals surface area contributed by atoms with E-state index < -0.39 is 0 Å². The molecular weight excluding hydrogens is 410 g/mol. The van der Waals surface area contributed by atoms with Crippen molar-refractivity contribution in [3.05, 3.63) is 36.4 Å². The number of amides is 1. The van der Waals surface area contributed by atoms with Crippen molar-refractivity contribution >= 4 is 22.9 Å². The van der Waals surface area contributed by atoms with E-state index in [1.165, 1.54) is 11.0 Å². The zero-order valence-corrected chi connectivity index (χ0v) is 18.1. The van der Waals surface area contributed by atoms with Crippen LogP contribution in [-0.4, -0.2) is 74.4 Å². The topological polar surface area (TPSA) is 132 Å². The third-order valence-electron chi connectivity index (χ3n) is 5.53. The van der Waals surface area contributed by atoms with Crippen LogP contribution in [0.15, 0.2) is 24.9 Å². The lowest BCUT2D eigenvalue weighted by molar-refractivity contribution is 0.0785. The van der Waals surface area contributed by atoms with Gasteiger partial charge in [-0.25, -0.2) is 24.9 Å². The summed E-state index contributed by atoms with van der Waals surface area (Å²) in [5.74, 6) is 1.98. The van der Waals surface area contributed by atoms with Crippen molar-refractivity contribution in [2.45, 2.75) is 32.9 Å². The summed E-state index contributed by atoms with van der Waals surface area (Å²) in [7, 11) is 1.74. The SMILES string of the molecule is CCn1c(-c2cnc(C)nc2)nc2c(N[C@H]3CCN(C(=O)c4cn(C)nn4)C3)ncnc21. The van der Waals surface area contributed by atoms with Crippen LogP contribution in [0.25, 0.3) is 22.6 Å². The fourth-order valence-corrected chi connectivity index (χ4v) is 3.93. The number of aromatic nitrogens is 9. The molecule has 0 bridgehead atoms. The molecule has 0 aliphatic carbocycles. The molecule has 1 aliphatic rings. The number of anilines is 1. The third kappa shape index (κ3) is 3.53. The van der Waals surface area contributed by atoms with Gasteiger partial charge >= 0.3 is 0 Å². The van der Waals surface area contributed by atoms with E-state index in [0.717, 1.165) is 23.5 Å². The van der Waals surface area contributed by atoms with E-state index in [0.29, 0.717) is 42.5 Å². The van der Waals surface area contributed by atoms with Gasteiger partial charge in [0, 0.05) is 45.1 Å². The molecule has 0 spiro atoms. The molecule has 0 unspecified atom stereocenters. The number of hydrogen-bond donors (Lipinski definition) is 1. The number of nitrogens with one attached hydrogen (secondary N) is 1. The van der Waals surface area contributed by atoms with Gasteiger partial charge in [-0.05, 0) is 20.3 Å². The second-order valence-corrected chi connectivity index (χ2v) is 7.75. The molecular formula is C20H23N11O. The van der Waals surface area contributed by atoms with E-state index in [9.17, 15) is 4.79 Å². The maximum absolute atomic E-state index is 12.7. The quantitative estimate of drug-likeness (QED) is 0.490. The lowest BCUT2D eigenvalue weighted by Gasteiger charge is -2.16. The predicted octanol–water partition coefficient (Wildman–Crippen LogP) is 1.07. The van der Waals surface area contributed by atoms with Crippen LogP contribution in [0.1, 0.15) is 29.7 Å². The Morgan fingerprint density at radius 1 is 1.22 bits per heavy atom. The molecule has 1 atom stereocenters. The summed E-state index contributed by atoms with van der Waals surface area (Å²) in [5, 5.41) is 11.2. The highest BCUT2D eigenvalue weighted by molar-refractivity contribution is 5.92. The second kappa shape index (κ2) is 7.94. The number of aryl methyl sites for hydroxylation is 3. The molecule has 0 aromatic carbocycles. The maximum atomic E-state index is 12.7. The van der Waals surface area contributed by atoms with E-state index in [2.05, 4.69) is 35.6 Å². The Kier molecular flexibility index (Phi) is 4.96. The van der Waals surface area contributed by atoms with Gasteiger partial charge in [0.1, 0.15) is 18.0 Å². The van der Waals surface area contributed by atoms with Gasteiger partial charge in [0.25, 0.3) is 5.91 Å². The summed E-state index contributed by atoms with van der Waals surface area (Å²) >= 11 is 0. The molecule has 164 valence electrons. The number of carbonyl (C=O) groups is 1. The highest BCUT2D eigenvalue weighted by Crippen LogP contribution is 2.27. The fourth-order valence-electron chi connectivity index (χ4n) is 3.93. The van der Waals surface area contributed by atoms with E-state index in [1.807, 2.05) is 18.4 Å². The smallest absolute Gasteiger partial charge is 0.276 e. The summed E-state index contributed by atoms with van der Waals surface area (Å²) in [6, 6.07) is 0.0478. The number of likely N-dealkylation sites (tertiary alicyclic amines) is 1. The van der Waals surface area contributed by atoms with Crippen LogP contribution in [0.4, 0.5) is 5.82 Å². The lowest BCUT2D eigenvalue weighted by atomic mass is 10.2. The molecule has 1 N–H and O–H groups in total. The van der Waals surface area contributed by atoms with Crippen molar-refractivity contribution in [1.29, 1.82) is 0 Å². The van der Waals surface area contributed by atoms with Gasteiger partial charge in [0.15, 0.2) is 22.7 Å². The summed E-state index contributed by atoms with van der Waals surface area (Å²) < 4.78 is 3.55. The van der Waals surface area contributed by atoms with Crippen molar-refractivity contribution in [1.82, 2.24) is 49.4 Å². The first kappa shape index (κ1) is 20.0. The van der Waals surface area contributed by atoms with Crippen molar-refractivity contribution < 1.29 is 4.79 Å². The Morgan fingerprint density at radius 2 is 2.03 bits per heavy atom. The van der Waals surface area contributed by atoms with Gasteiger partial charge in [0.2, 0.25) is 0 Å². The minimum atomic E-state index is -0.118. The molecule has 1 fully saturated rings. The molecule has 32 heavy (non-hydrogen) atoms. The van der Waals surface area contributed by atoms with Gasteiger partial charge in [-0.2, -0.15) is 0 Å². The van der Waals surface area contributed by atoms with Crippen LogP contribution in [0, 0.1) is 6.92 Å². The molecule has 12 heteroatoms. The van der Waals surface area contributed by atoms with Crippen LogP contribution >= 0.6 is 0 Å². The average Bonchev–Trinajstić information content (AvgIpc) is 3.52. The number of nitrogens with zero attached hydrogens (tertiary/aromatic N) is 10. The molecule has 4 aromatic heterocycles. The Hall–Kier alpha value is -3.96. The molecule has 1 amide bonds. The highest BCUT2D eigenvalue weighted by atomic mass is 16.2. The van der Waals surface area contributed by atoms with E-state index in [-0.39, 0.29) is 11.9 Å². The number of fused-ring (bicyclic) bond motifs is 1. The largest absolute Gasteiger partial charge is 0.364 e. The lowest BCUT2D eigenvalue weighted by Crippen LogP contribution is -2.32. The van der Waals surface area contributed by atoms with Crippen LogP contribution in [0.3, 0.4) is 0 Å². The summed E-state index contributed by atoms with van der Waals surface area (Å²) in [4.78, 5) is 36.8. The summed E-state index contributed by atoms with van der Waals surface area (Å²) in [6.07, 6.45) is 7.49. The first-order valence-corrected chi connectivity index (χ1v) is 10.5.